The van der Waals surface area contributed by atoms with Crippen molar-refractivity contribution in [1.29, 1.82) is 0 Å². The van der Waals surface area contributed by atoms with E-state index in [4.69, 9.17) is 10.2 Å². The number of carboxylic acid groups (broad SMARTS) is 1. The second-order valence-corrected chi connectivity index (χ2v) is 6.59. The molecule has 108 valence electrons. The van der Waals surface area contributed by atoms with Gasteiger partial charge in [0, 0.05) is 13.0 Å². The molecule has 1 aromatic rings. The summed E-state index contributed by atoms with van der Waals surface area (Å²) in [7, 11) is -3.83. The van der Waals surface area contributed by atoms with Crippen LogP contribution in [0.4, 0.5) is 5.69 Å². The van der Waals surface area contributed by atoms with Crippen molar-refractivity contribution in [3.8, 4) is 0 Å². The quantitative estimate of drug-likeness (QED) is 0.819. The van der Waals surface area contributed by atoms with Crippen LogP contribution in [0.2, 0.25) is 0 Å². The maximum absolute atomic E-state index is 11.9. The number of nitrogens with zero attached hydrogens (tertiary/aromatic N) is 1. The smallest absolute Gasteiger partial charge is 0.337 e. The number of aryl methyl sites for hydroxylation is 1. The minimum absolute atomic E-state index is 0.0426. The highest BCUT2D eigenvalue weighted by Crippen LogP contribution is 2.28. The van der Waals surface area contributed by atoms with E-state index in [2.05, 4.69) is 0 Å². The summed E-state index contributed by atoms with van der Waals surface area (Å²) in [6.45, 7) is 1.63. The Kier molecular flexibility index (Phi) is 3.53. The SMILES string of the molecule is Cc1ccc(C(=O)O)c(N2CC(S(N)(=O)=O)CC2=O)c1. The second-order valence-electron chi connectivity index (χ2n) is 4.75. The molecule has 0 spiro atoms. The third-order valence-electron chi connectivity index (χ3n) is 3.23. The van der Waals surface area contributed by atoms with Gasteiger partial charge < -0.3 is 10.0 Å². The molecule has 0 aromatic heterocycles. The van der Waals surface area contributed by atoms with E-state index in [-0.39, 0.29) is 24.2 Å². The Morgan fingerprint density at radius 1 is 1.45 bits per heavy atom. The zero-order valence-electron chi connectivity index (χ0n) is 10.7. The summed E-state index contributed by atoms with van der Waals surface area (Å²) in [6.07, 6.45) is -0.230. The van der Waals surface area contributed by atoms with Crippen LogP contribution < -0.4 is 10.0 Å². The number of carboxylic acids is 1. The molecule has 20 heavy (non-hydrogen) atoms. The number of carbonyl (C=O) groups excluding carboxylic acids is 1. The average molecular weight is 298 g/mol. The lowest BCUT2D eigenvalue weighted by Crippen LogP contribution is -2.32. The van der Waals surface area contributed by atoms with E-state index < -0.39 is 27.1 Å². The zero-order valence-corrected chi connectivity index (χ0v) is 11.6. The van der Waals surface area contributed by atoms with Crippen LogP contribution in [0.3, 0.4) is 0 Å². The summed E-state index contributed by atoms with van der Waals surface area (Å²) in [5.41, 5.74) is 0.935. The molecule has 0 aliphatic carbocycles. The van der Waals surface area contributed by atoms with Crippen molar-refractivity contribution in [3.05, 3.63) is 29.3 Å². The lowest BCUT2D eigenvalue weighted by molar-refractivity contribution is -0.117. The first-order chi connectivity index (χ1) is 9.20. The number of hydrogen-bond acceptors (Lipinski definition) is 4. The van der Waals surface area contributed by atoms with Gasteiger partial charge in [0.2, 0.25) is 15.9 Å². The van der Waals surface area contributed by atoms with Crippen LogP contribution in [0.25, 0.3) is 0 Å². The van der Waals surface area contributed by atoms with Crippen molar-refractivity contribution < 1.29 is 23.1 Å². The molecule has 0 radical (unpaired) electrons. The molecule has 1 aliphatic heterocycles. The molecule has 1 amide bonds. The third kappa shape index (κ3) is 2.66. The summed E-state index contributed by atoms with van der Waals surface area (Å²) in [6, 6.07) is 4.56. The second kappa shape index (κ2) is 4.88. The molecular formula is C12H14N2O5S. The van der Waals surface area contributed by atoms with Gasteiger partial charge in [-0.15, -0.1) is 0 Å². The van der Waals surface area contributed by atoms with E-state index in [9.17, 15) is 18.0 Å². The van der Waals surface area contributed by atoms with Gasteiger partial charge in [-0.1, -0.05) is 6.07 Å². The Hall–Kier alpha value is -1.93. The molecule has 8 heteroatoms. The van der Waals surface area contributed by atoms with Gasteiger partial charge in [-0.25, -0.2) is 18.4 Å². The molecule has 0 saturated carbocycles. The van der Waals surface area contributed by atoms with Crippen molar-refractivity contribution in [2.45, 2.75) is 18.6 Å². The molecule has 1 aromatic carbocycles. The summed E-state index contributed by atoms with van der Waals surface area (Å²) in [5, 5.41) is 13.2. The largest absolute Gasteiger partial charge is 0.478 e. The normalized spacial score (nSPS) is 19.4. The first-order valence-corrected chi connectivity index (χ1v) is 7.47. The molecule has 1 heterocycles. The standard InChI is InChI=1S/C12H14N2O5S/c1-7-2-3-9(12(16)17)10(4-7)14-6-8(5-11(14)15)20(13,18)19/h2-4,8H,5-6H2,1H3,(H,16,17)(H2,13,18,19). The molecule has 1 aliphatic rings. The number of benzene rings is 1. The summed E-state index contributed by atoms with van der Waals surface area (Å²) in [5.74, 6) is -1.62. The van der Waals surface area contributed by atoms with Gasteiger partial charge in [0.15, 0.2) is 0 Å². The zero-order chi connectivity index (χ0) is 15.1. The van der Waals surface area contributed by atoms with E-state index in [0.717, 1.165) is 5.56 Å². The van der Waals surface area contributed by atoms with Crippen LogP contribution in [0.1, 0.15) is 22.3 Å². The number of anilines is 1. The topological polar surface area (TPSA) is 118 Å². The van der Waals surface area contributed by atoms with Crippen molar-refractivity contribution in [3.63, 3.8) is 0 Å². The number of carbonyl (C=O) groups is 2. The van der Waals surface area contributed by atoms with Gasteiger partial charge in [0.25, 0.3) is 0 Å². The van der Waals surface area contributed by atoms with E-state index >= 15 is 0 Å². The Morgan fingerprint density at radius 2 is 2.10 bits per heavy atom. The van der Waals surface area contributed by atoms with Crippen molar-refractivity contribution in [2.24, 2.45) is 5.14 Å². The number of nitrogens with two attached hydrogens (primary N) is 1. The highest BCUT2D eigenvalue weighted by atomic mass is 32.2. The van der Waals surface area contributed by atoms with Crippen LogP contribution in [0, 0.1) is 6.92 Å². The van der Waals surface area contributed by atoms with Gasteiger partial charge in [-0.3, -0.25) is 4.79 Å². The highest BCUT2D eigenvalue weighted by molar-refractivity contribution is 7.89. The molecule has 7 nitrogen and oxygen atoms in total. The fourth-order valence-electron chi connectivity index (χ4n) is 2.17. The van der Waals surface area contributed by atoms with E-state index in [1.54, 1.807) is 19.1 Å². The maximum Gasteiger partial charge on any atom is 0.337 e. The van der Waals surface area contributed by atoms with Gasteiger partial charge in [-0.2, -0.15) is 0 Å². The minimum Gasteiger partial charge on any atom is -0.478 e. The molecule has 1 unspecified atom stereocenters. The number of rotatable bonds is 3. The summed E-state index contributed by atoms with van der Waals surface area (Å²) >= 11 is 0. The predicted octanol–water partition coefficient (Wildman–Crippen LogP) is 0.0870. The van der Waals surface area contributed by atoms with Crippen LogP contribution in [0.15, 0.2) is 18.2 Å². The van der Waals surface area contributed by atoms with Crippen LogP contribution >= 0.6 is 0 Å². The molecular weight excluding hydrogens is 284 g/mol. The lowest BCUT2D eigenvalue weighted by Gasteiger charge is -2.19. The van der Waals surface area contributed by atoms with Gasteiger partial charge in [-0.05, 0) is 24.6 Å². The van der Waals surface area contributed by atoms with Gasteiger partial charge in [0.05, 0.1) is 11.3 Å². The molecule has 1 saturated heterocycles. The average Bonchev–Trinajstić information content (AvgIpc) is 2.70. The third-order valence-corrected chi connectivity index (χ3v) is 4.47. The minimum atomic E-state index is -3.83. The lowest BCUT2D eigenvalue weighted by atomic mass is 10.1. The highest BCUT2D eigenvalue weighted by Gasteiger charge is 2.38. The van der Waals surface area contributed by atoms with Gasteiger partial charge in [0.1, 0.15) is 5.25 Å². The molecule has 1 atom stereocenters. The molecule has 3 N–H and O–H groups in total. The number of sulfonamides is 1. The number of aromatic carboxylic acids is 1. The molecule has 2 rings (SSSR count). The Labute approximate surface area is 116 Å². The Morgan fingerprint density at radius 3 is 2.60 bits per heavy atom. The first kappa shape index (κ1) is 14.5. The first-order valence-electron chi connectivity index (χ1n) is 5.86. The van der Waals surface area contributed by atoms with E-state index in [1.807, 2.05) is 0 Å². The maximum atomic E-state index is 11.9. The predicted molar refractivity (Wildman–Crippen MR) is 72.0 cm³/mol. The summed E-state index contributed by atoms with van der Waals surface area (Å²) in [4.78, 5) is 24.3. The summed E-state index contributed by atoms with van der Waals surface area (Å²) < 4.78 is 22.6. The monoisotopic (exact) mass is 298 g/mol. The van der Waals surface area contributed by atoms with Crippen molar-refractivity contribution in [2.75, 3.05) is 11.4 Å². The molecule has 1 fully saturated rings. The van der Waals surface area contributed by atoms with Crippen molar-refractivity contribution >= 4 is 27.6 Å². The van der Waals surface area contributed by atoms with Crippen molar-refractivity contribution in [1.82, 2.24) is 0 Å². The van der Waals surface area contributed by atoms with Crippen LogP contribution in [0.5, 0.6) is 0 Å². The van der Waals surface area contributed by atoms with Crippen LogP contribution in [-0.2, 0) is 14.8 Å². The van der Waals surface area contributed by atoms with E-state index in [1.165, 1.54) is 11.0 Å². The fraction of sp³-hybridized carbons (Fsp3) is 0.333. The number of hydrogen-bond donors (Lipinski definition) is 2. The number of primary sulfonamides is 1. The van der Waals surface area contributed by atoms with E-state index in [0.29, 0.717) is 0 Å². The molecule has 0 bridgehead atoms. The fourth-order valence-corrected chi connectivity index (χ4v) is 2.91. The van der Waals surface area contributed by atoms with Crippen LogP contribution in [-0.4, -0.2) is 37.2 Å². The van der Waals surface area contributed by atoms with Gasteiger partial charge >= 0.3 is 5.97 Å². The number of amides is 1. The Bertz CT molecular complexity index is 683. The Balaban J connectivity index is 2.45.